The number of nitrogens with zero attached hydrogens (tertiary/aromatic N) is 2. The summed E-state index contributed by atoms with van der Waals surface area (Å²) in [5, 5.41) is 4.56. The molecule has 0 spiro atoms. The molecule has 1 aromatic heterocycles. The highest BCUT2D eigenvalue weighted by molar-refractivity contribution is 7.15. The molecule has 0 aliphatic carbocycles. The fraction of sp³-hybridized carbons (Fsp3) is 0.786. The van der Waals surface area contributed by atoms with E-state index in [0.717, 1.165) is 31.2 Å². The zero-order valence-corrected chi connectivity index (χ0v) is 13.2. The van der Waals surface area contributed by atoms with Crippen LogP contribution in [-0.4, -0.2) is 37.3 Å². The molecule has 2 heterocycles. The standard InChI is InChI=1S/C14H25N3OS/c1-10(2)7-15-8-12-9-16-14(19-12)17(4)13-5-6-18-11(13)3/h9-11,13,15H,5-8H2,1-4H3. The normalized spacial score (nSPS) is 23.2. The van der Waals surface area contributed by atoms with Gasteiger partial charge in [-0.2, -0.15) is 0 Å². The van der Waals surface area contributed by atoms with E-state index in [-0.39, 0.29) is 0 Å². The molecule has 0 aromatic carbocycles. The summed E-state index contributed by atoms with van der Waals surface area (Å²) in [5.41, 5.74) is 0. The summed E-state index contributed by atoms with van der Waals surface area (Å²) < 4.78 is 5.63. The fourth-order valence-electron chi connectivity index (χ4n) is 2.40. The average molecular weight is 283 g/mol. The second-order valence-corrected chi connectivity index (χ2v) is 6.77. The molecule has 1 fully saturated rings. The molecule has 0 radical (unpaired) electrons. The Morgan fingerprint density at radius 2 is 2.37 bits per heavy atom. The summed E-state index contributed by atoms with van der Waals surface area (Å²) >= 11 is 1.78. The van der Waals surface area contributed by atoms with Gasteiger partial charge in [-0.25, -0.2) is 4.98 Å². The van der Waals surface area contributed by atoms with E-state index in [9.17, 15) is 0 Å². The summed E-state index contributed by atoms with van der Waals surface area (Å²) in [4.78, 5) is 8.11. The molecule has 1 N–H and O–H groups in total. The Balaban J connectivity index is 1.89. The lowest BCUT2D eigenvalue weighted by atomic mass is 10.1. The van der Waals surface area contributed by atoms with Crippen molar-refractivity contribution in [3.63, 3.8) is 0 Å². The number of hydrogen-bond acceptors (Lipinski definition) is 5. The van der Waals surface area contributed by atoms with Crippen molar-refractivity contribution in [3.8, 4) is 0 Å². The van der Waals surface area contributed by atoms with Gasteiger partial charge in [0.2, 0.25) is 0 Å². The monoisotopic (exact) mass is 283 g/mol. The Kier molecular flexibility index (Phi) is 5.19. The topological polar surface area (TPSA) is 37.4 Å². The third-order valence-corrected chi connectivity index (χ3v) is 4.62. The van der Waals surface area contributed by atoms with Crippen LogP contribution in [-0.2, 0) is 11.3 Å². The smallest absolute Gasteiger partial charge is 0.185 e. The first-order valence-electron chi connectivity index (χ1n) is 7.07. The van der Waals surface area contributed by atoms with Crippen LogP contribution >= 0.6 is 11.3 Å². The summed E-state index contributed by atoms with van der Waals surface area (Å²) in [6.07, 6.45) is 3.39. The molecule has 2 atom stereocenters. The van der Waals surface area contributed by atoms with Crippen molar-refractivity contribution >= 4 is 16.5 Å². The van der Waals surface area contributed by atoms with E-state index in [1.54, 1.807) is 11.3 Å². The number of thiazole rings is 1. The number of aromatic nitrogens is 1. The predicted octanol–water partition coefficient (Wildman–Crippen LogP) is 2.50. The Labute approximate surface area is 120 Å². The maximum atomic E-state index is 5.63. The molecular weight excluding hydrogens is 258 g/mol. The van der Waals surface area contributed by atoms with Gasteiger partial charge < -0.3 is 15.0 Å². The van der Waals surface area contributed by atoms with Gasteiger partial charge in [-0.15, -0.1) is 11.3 Å². The van der Waals surface area contributed by atoms with E-state index < -0.39 is 0 Å². The highest BCUT2D eigenvalue weighted by Crippen LogP contribution is 2.27. The molecule has 1 saturated heterocycles. The summed E-state index contributed by atoms with van der Waals surface area (Å²) in [5.74, 6) is 0.687. The van der Waals surface area contributed by atoms with Crippen molar-refractivity contribution in [1.29, 1.82) is 0 Å². The second-order valence-electron chi connectivity index (χ2n) is 5.68. The molecule has 0 saturated carbocycles. The van der Waals surface area contributed by atoms with Crippen LogP contribution in [0, 0.1) is 5.92 Å². The van der Waals surface area contributed by atoms with E-state index in [1.165, 1.54) is 4.88 Å². The minimum absolute atomic E-state index is 0.302. The van der Waals surface area contributed by atoms with Gasteiger partial charge >= 0.3 is 0 Å². The first-order chi connectivity index (χ1) is 9.08. The largest absolute Gasteiger partial charge is 0.376 e. The third-order valence-electron chi connectivity index (χ3n) is 3.53. The van der Waals surface area contributed by atoms with Crippen molar-refractivity contribution in [1.82, 2.24) is 10.3 Å². The van der Waals surface area contributed by atoms with Crippen LogP contribution in [0.1, 0.15) is 32.1 Å². The number of anilines is 1. The number of rotatable bonds is 6. The molecule has 2 unspecified atom stereocenters. The summed E-state index contributed by atoms with van der Waals surface area (Å²) in [6.45, 7) is 9.43. The quantitative estimate of drug-likeness (QED) is 0.870. The summed E-state index contributed by atoms with van der Waals surface area (Å²) in [7, 11) is 2.13. The van der Waals surface area contributed by atoms with E-state index in [1.807, 2.05) is 6.20 Å². The first kappa shape index (κ1) is 14.8. The van der Waals surface area contributed by atoms with Crippen LogP contribution in [0.4, 0.5) is 5.13 Å². The van der Waals surface area contributed by atoms with Crippen LogP contribution in [0.25, 0.3) is 0 Å². The predicted molar refractivity (Wildman–Crippen MR) is 80.9 cm³/mol. The Morgan fingerprint density at radius 1 is 1.58 bits per heavy atom. The lowest BCUT2D eigenvalue weighted by Crippen LogP contribution is -2.36. The van der Waals surface area contributed by atoms with Gasteiger partial charge in [-0.3, -0.25) is 0 Å². The molecule has 5 heteroatoms. The van der Waals surface area contributed by atoms with E-state index in [0.29, 0.717) is 18.1 Å². The van der Waals surface area contributed by atoms with E-state index >= 15 is 0 Å². The maximum Gasteiger partial charge on any atom is 0.185 e. The first-order valence-corrected chi connectivity index (χ1v) is 7.89. The van der Waals surface area contributed by atoms with Crippen LogP contribution in [0.2, 0.25) is 0 Å². The van der Waals surface area contributed by atoms with E-state index in [4.69, 9.17) is 4.74 Å². The van der Waals surface area contributed by atoms with Gasteiger partial charge in [0.1, 0.15) is 0 Å². The minimum Gasteiger partial charge on any atom is -0.376 e. The van der Waals surface area contributed by atoms with Crippen molar-refractivity contribution < 1.29 is 4.74 Å². The van der Waals surface area contributed by atoms with Gasteiger partial charge in [0.05, 0.1) is 12.1 Å². The number of hydrogen-bond donors (Lipinski definition) is 1. The Hall–Kier alpha value is -0.650. The van der Waals surface area contributed by atoms with Crippen molar-refractivity contribution in [3.05, 3.63) is 11.1 Å². The van der Waals surface area contributed by atoms with Gasteiger partial charge in [-0.1, -0.05) is 13.8 Å². The zero-order chi connectivity index (χ0) is 13.8. The minimum atomic E-state index is 0.302. The molecule has 2 rings (SSSR count). The SMILES string of the molecule is CC(C)CNCc1cnc(N(C)C2CCOC2C)s1. The van der Waals surface area contributed by atoms with Crippen LogP contribution < -0.4 is 10.2 Å². The van der Waals surface area contributed by atoms with Crippen LogP contribution in [0.5, 0.6) is 0 Å². The second kappa shape index (κ2) is 6.68. The number of nitrogens with one attached hydrogen (secondary N) is 1. The lowest BCUT2D eigenvalue weighted by molar-refractivity contribution is 0.118. The molecule has 4 nitrogen and oxygen atoms in total. The van der Waals surface area contributed by atoms with Gasteiger partial charge in [0.25, 0.3) is 0 Å². The van der Waals surface area contributed by atoms with Crippen LogP contribution in [0.3, 0.4) is 0 Å². The average Bonchev–Trinajstić information content (AvgIpc) is 2.97. The fourth-order valence-corrected chi connectivity index (χ4v) is 3.30. The van der Waals surface area contributed by atoms with Gasteiger partial charge in [0, 0.05) is 31.3 Å². The molecule has 0 amide bonds. The summed E-state index contributed by atoms with van der Waals surface area (Å²) in [6, 6.07) is 0.461. The molecule has 19 heavy (non-hydrogen) atoms. The Bertz CT molecular complexity index is 394. The zero-order valence-electron chi connectivity index (χ0n) is 12.3. The molecule has 1 aliphatic rings. The van der Waals surface area contributed by atoms with Crippen molar-refractivity contribution in [2.75, 3.05) is 25.1 Å². The highest BCUT2D eigenvalue weighted by Gasteiger charge is 2.29. The third kappa shape index (κ3) is 3.91. The maximum absolute atomic E-state index is 5.63. The van der Waals surface area contributed by atoms with Crippen molar-refractivity contribution in [2.45, 2.75) is 45.9 Å². The Morgan fingerprint density at radius 3 is 3.00 bits per heavy atom. The van der Waals surface area contributed by atoms with Crippen LogP contribution in [0.15, 0.2) is 6.20 Å². The van der Waals surface area contributed by atoms with Gasteiger partial charge in [0.15, 0.2) is 5.13 Å². The lowest BCUT2D eigenvalue weighted by Gasteiger charge is -2.26. The highest BCUT2D eigenvalue weighted by atomic mass is 32.1. The molecule has 1 aromatic rings. The molecule has 0 bridgehead atoms. The number of ether oxygens (including phenoxy) is 1. The number of likely N-dealkylation sites (N-methyl/N-ethyl adjacent to an activating group) is 1. The van der Waals surface area contributed by atoms with Gasteiger partial charge in [-0.05, 0) is 25.8 Å². The molecule has 1 aliphatic heterocycles. The molecular formula is C14H25N3OS. The molecule has 108 valence electrons. The van der Waals surface area contributed by atoms with Crippen molar-refractivity contribution in [2.24, 2.45) is 5.92 Å². The van der Waals surface area contributed by atoms with E-state index in [2.05, 4.69) is 43.0 Å².